The minimum Gasteiger partial charge on any atom is -0.330 e. The lowest BCUT2D eigenvalue weighted by Crippen LogP contribution is -1.88. The van der Waals surface area contributed by atoms with Gasteiger partial charge in [-0.1, -0.05) is 29.0 Å². The van der Waals surface area contributed by atoms with Crippen LogP contribution in [0.3, 0.4) is 0 Å². The van der Waals surface area contributed by atoms with Crippen LogP contribution in [0.5, 0.6) is 0 Å². The Morgan fingerprint density at radius 1 is 1.18 bits per heavy atom. The van der Waals surface area contributed by atoms with Crippen LogP contribution in [0.15, 0.2) is 42.7 Å². The summed E-state index contributed by atoms with van der Waals surface area (Å²) in [6, 6.07) is 9.55. The molecule has 0 aliphatic carbocycles. The second-order valence-corrected chi connectivity index (χ2v) is 4.88. The maximum Gasteiger partial charge on any atom is 0.188 e. The highest BCUT2D eigenvalue weighted by Gasteiger charge is 2.06. The van der Waals surface area contributed by atoms with E-state index in [0.717, 1.165) is 26.1 Å². The highest BCUT2D eigenvalue weighted by molar-refractivity contribution is 7.22. The summed E-state index contributed by atoms with van der Waals surface area (Å²) >= 11 is 7.64. The van der Waals surface area contributed by atoms with Crippen molar-refractivity contribution in [1.82, 2.24) is 9.97 Å². The monoisotopic (exact) mass is 261 g/mol. The lowest BCUT2D eigenvalue weighted by Gasteiger charge is -1.99. The Morgan fingerprint density at radius 3 is 2.88 bits per heavy atom. The molecule has 3 nitrogen and oxygen atoms in total. The number of nitrogens with zero attached hydrogens (tertiary/aromatic N) is 2. The van der Waals surface area contributed by atoms with Crippen molar-refractivity contribution in [3.8, 4) is 0 Å². The summed E-state index contributed by atoms with van der Waals surface area (Å²) in [5, 5.41) is 4.76. The van der Waals surface area contributed by atoms with Crippen molar-refractivity contribution in [2.45, 2.75) is 0 Å². The topological polar surface area (TPSA) is 37.8 Å². The first-order valence-electron chi connectivity index (χ1n) is 5.05. The van der Waals surface area contributed by atoms with Gasteiger partial charge in [-0.2, -0.15) is 0 Å². The third-order valence-corrected chi connectivity index (χ3v) is 3.73. The Morgan fingerprint density at radius 2 is 2.12 bits per heavy atom. The van der Waals surface area contributed by atoms with Gasteiger partial charge < -0.3 is 5.32 Å². The molecule has 0 bridgehead atoms. The number of anilines is 2. The van der Waals surface area contributed by atoms with Crippen molar-refractivity contribution in [2.75, 3.05) is 5.32 Å². The average molecular weight is 262 g/mol. The summed E-state index contributed by atoms with van der Waals surface area (Å²) in [6.07, 6.45) is 3.49. The van der Waals surface area contributed by atoms with Crippen LogP contribution in [-0.2, 0) is 0 Å². The zero-order valence-corrected chi connectivity index (χ0v) is 10.3. The number of thiazole rings is 1. The number of halogens is 1. The first-order valence-corrected chi connectivity index (χ1v) is 6.24. The minimum atomic E-state index is 0.735. The maximum absolute atomic E-state index is 6.10. The summed E-state index contributed by atoms with van der Waals surface area (Å²) in [5.41, 5.74) is 1.83. The van der Waals surface area contributed by atoms with E-state index in [0.29, 0.717) is 0 Å². The van der Waals surface area contributed by atoms with E-state index >= 15 is 0 Å². The van der Waals surface area contributed by atoms with E-state index in [9.17, 15) is 0 Å². The molecular formula is C12H8ClN3S. The van der Waals surface area contributed by atoms with Crippen LogP contribution in [0.2, 0.25) is 5.02 Å². The smallest absolute Gasteiger partial charge is 0.188 e. The molecule has 84 valence electrons. The van der Waals surface area contributed by atoms with E-state index in [1.807, 2.05) is 30.3 Å². The number of rotatable bonds is 2. The first kappa shape index (κ1) is 10.5. The van der Waals surface area contributed by atoms with Gasteiger partial charge in [0.25, 0.3) is 0 Å². The summed E-state index contributed by atoms with van der Waals surface area (Å²) in [7, 11) is 0. The predicted molar refractivity (Wildman–Crippen MR) is 72.1 cm³/mol. The van der Waals surface area contributed by atoms with E-state index in [1.165, 1.54) is 11.3 Å². The number of pyridine rings is 1. The SMILES string of the molecule is Clc1cccc2nc(Nc3cccnc3)sc12. The van der Waals surface area contributed by atoms with E-state index < -0.39 is 0 Å². The Balaban J connectivity index is 1.99. The molecule has 2 heterocycles. The molecule has 0 spiro atoms. The number of nitrogens with one attached hydrogen (secondary N) is 1. The third kappa shape index (κ3) is 2.09. The van der Waals surface area contributed by atoms with E-state index in [4.69, 9.17) is 11.6 Å². The standard InChI is InChI=1S/C12H8ClN3S/c13-9-4-1-5-10-11(9)17-12(16-10)15-8-3-2-6-14-7-8/h1-7H,(H,15,16). The van der Waals surface area contributed by atoms with Crippen molar-refractivity contribution in [2.24, 2.45) is 0 Å². The summed E-state index contributed by atoms with van der Waals surface area (Å²) < 4.78 is 1.00. The Bertz CT molecular complexity index is 651. The van der Waals surface area contributed by atoms with Crippen LogP contribution in [0.25, 0.3) is 10.2 Å². The van der Waals surface area contributed by atoms with E-state index in [-0.39, 0.29) is 0 Å². The van der Waals surface area contributed by atoms with Gasteiger partial charge in [-0.05, 0) is 24.3 Å². The van der Waals surface area contributed by atoms with Crippen molar-refractivity contribution in [3.05, 3.63) is 47.7 Å². The van der Waals surface area contributed by atoms with Gasteiger partial charge in [-0.3, -0.25) is 4.98 Å². The highest BCUT2D eigenvalue weighted by atomic mass is 35.5. The van der Waals surface area contributed by atoms with Crippen molar-refractivity contribution in [1.29, 1.82) is 0 Å². The third-order valence-electron chi connectivity index (χ3n) is 2.28. The second-order valence-electron chi connectivity index (χ2n) is 3.47. The van der Waals surface area contributed by atoms with Gasteiger partial charge in [-0.15, -0.1) is 0 Å². The zero-order valence-electron chi connectivity index (χ0n) is 8.72. The quantitative estimate of drug-likeness (QED) is 0.755. The van der Waals surface area contributed by atoms with Gasteiger partial charge in [0.05, 0.1) is 27.1 Å². The van der Waals surface area contributed by atoms with Crippen LogP contribution in [-0.4, -0.2) is 9.97 Å². The Labute approximate surface area is 107 Å². The van der Waals surface area contributed by atoms with Crippen molar-refractivity contribution < 1.29 is 0 Å². The number of benzene rings is 1. The van der Waals surface area contributed by atoms with Gasteiger partial charge in [0.1, 0.15) is 0 Å². The van der Waals surface area contributed by atoms with Gasteiger partial charge in [0.2, 0.25) is 0 Å². The molecule has 0 unspecified atom stereocenters. The molecule has 2 aromatic heterocycles. The Hall–Kier alpha value is -1.65. The lowest BCUT2D eigenvalue weighted by atomic mass is 10.3. The fourth-order valence-corrected chi connectivity index (χ4v) is 2.70. The highest BCUT2D eigenvalue weighted by Crippen LogP contribution is 2.32. The molecule has 0 saturated heterocycles. The molecular weight excluding hydrogens is 254 g/mol. The fraction of sp³-hybridized carbons (Fsp3) is 0. The molecule has 0 atom stereocenters. The van der Waals surface area contributed by atoms with Crippen LogP contribution in [0.1, 0.15) is 0 Å². The molecule has 0 aliphatic rings. The fourth-order valence-electron chi connectivity index (χ4n) is 1.53. The van der Waals surface area contributed by atoms with Crippen LogP contribution in [0, 0.1) is 0 Å². The molecule has 0 radical (unpaired) electrons. The average Bonchev–Trinajstić information content (AvgIpc) is 2.74. The summed E-state index contributed by atoms with van der Waals surface area (Å²) in [4.78, 5) is 8.50. The van der Waals surface area contributed by atoms with E-state index in [2.05, 4.69) is 15.3 Å². The van der Waals surface area contributed by atoms with Gasteiger partial charge in [0.15, 0.2) is 5.13 Å². The molecule has 3 aromatic rings. The maximum atomic E-state index is 6.10. The summed E-state index contributed by atoms with van der Waals surface area (Å²) in [6.45, 7) is 0. The van der Waals surface area contributed by atoms with Gasteiger partial charge in [-0.25, -0.2) is 4.98 Å². The predicted octanol–water partition coefficient (Wildman–Crippen LogP) is 4.09. The zero-order chi connectivity index (χ0) is 11.7. The van der Waals surface area contributed by atoms with Crippen molar-refractivity contribution >= 4 is 44.0 Å². The normalized spacial score (nSPS) is 10.6. The van der Waals surface area contributed by atoms with Crippen LogP contribution >= 0.6 is 22.9 Å². The van der Waals surface area contributed by atoms with E-state index in [1.54, 1.807) is 12.4 Å². The van der Waals surface area contributed by atoms with Crippen LogP contribution in [0.4, 0.5) is 10.8 Å². The van der Waals surface area contributed by atoms with Gasteiger partial charge >= 0.3 is 0 Å². The minimum absolute atomic E-state index is 0.735. The molecule has 0 aliphatic heterocycles. The van der Waals surface area contributed by atoms with Gasteiger partial charge in [0, 0.05) is 6.20 Å². The summed E-state index contributed by atoms with van der Waals surface area (Å²) in [5.74, 6) is 0. The molecule has 1 aromatic carbocycles. The number of hydrogen-bond donors (Lipinski definition) is 1. The number of hydrogen-bond acceptors (Lipinski definition) is 4. The Kier molecular flexibility index (Phi) is 2.66. The van der Waals surface area contributed by atoms with Crippen molar-refractivity contribution in [3.63, 3.8) is 0 Å². The number of aromatic nitrogens is 2. The lowest BCUT2D eigenvalue weighted by molar-refractivity contribution is 1.32. The molecule has 0 fully saturated rings. The molecule has 17 heavy (non-hydrogen) atoms. The molecule has 3 rings (SSSR count). The molecule has 0 saturated carbocycles. The molecule has 1 N–H and O–H groups in total. The first-order chi connectivity index (χ1) is 8.33. The molecule has 0 amide bonds. The molecule has 5 heteroatoms. The second kappa shape index (κ2) is 4.31. The number of fused-ring (bicyclic) bond motifs is 1. The largest absolute Gasteiger partial charge is 0.330 e. The van der Waals surface area contributed by atoms with Crippen LogP contribution < -0.4 is 5.32 Å².